The van der Waals surface area contributed by atoms with Gasteiger partial charge in [-0.2, -0.15) is 17.7 Å². The number of alkyl halides is 3. The second-order valence-corrected chi connectivity index (χ2v) is 5.48. The molecule has 1 aromatic heterocycles. The summed E-state index contributed by atoms with van der Waals surface area (Å²) in [4.78, 5) is 0. The van der Waals surface area contributed by atoms with Crippen LogP contribution in [-0.4, -0.2) is 0 Å². The number of para-hydroxylation sites is 1. The third-order valence-electron chi connectivity index (χ3n) is 3.99. The van der Waals surface area contributed by atoms with E-state index in [1.54, 1.807) is 12.1 Å². The lowest BCUT2D eigenvalue weighted by atomic mass is 10.1. The van der Waals surface area contributed by atoms with Crippen molar-refractivity contribution in [3.05, 3.63) is 77.5 Å². The smallest absolute Gasteiger partial charge is 0.416 e. The van der Waals surface area contributed by atoms with E-state index >= 15 is 0 Å². The van der Waals surface area contributed by atoms with Crippen LogP contribution < -0.4 is 28.5 Å². The Hall–Kier alpha value is -1.89. The van der Waals surface area contributed by atoms with Crippen molar-refractivity contribution in [1.82, 2.24) is 0 Å². The van der Waals surface area contributed by atoms with Crippen molar-refractivity contribution in [1.29, 1.82) is 0 Å². The lowest BCUT2D eigenvalue weighted by Gasteiger charge is -2.09. The summed E-state index contributed by atoms with van der Waals surface area (Å²) in [5, 5.41) is 1.10. The van der Waals surface area contributed by atoms with E-state index in [1.807, 2.05) is 43.3 Å². The highest BCUT2D eigenvalue weighted by molar-refractivity contribution is 5.77. The highest BCUT2D eigenvalue weighted by atomic mass is 127. The van der Waals surface area contributed by atoms with E-state index in [1.165, 1.54) is 18.2 Å². The molecule has 0 aliphatic heterocycles. The zero-order chi connectivity index (χ0) is 17.2. The fourth-order valence-electron chi connectivity index (χ4n) is 2.85. The molecule has 0 aliphatic rings. The first-order valence-electron chi connectivity index (χ1n) is 7.76. The van der Waals surface area contributed by atoms with Gasteiger partial charge in [0.15, 0.2) is 0 Å². The van der Waals surface area contributed by atoms with Crippen LogP contribution in [0.1, 0.15) is 23.7 Å². The Balaban J connectivity index is 0.00000225. The zero-order valence-electron chi connectivity index (χ0n) is 13.6. The number of halogens is 4. The van der Waals surface area contributed by atoms with Gasteiger partial charge in [-0.1, -0.05) is 30.3 Å². The van der Waals surface area contributed by atoms with E-state index in [9.17, 15) is 13.2 Å². The van der Waals surface area contributed by atoms with Crippen molar-refractivity contribution < 1.29 is 41.7 Å². The average Bonchev–Trinajstić information content (AvgIpc) is 2.58. The maximum Gasteiger partial charge on any atom is 0.416 e. The first kappa shape index (κ1) is 19.4. The Kier molecular flexibility index (Phi) is 6.21. The number of hydrogen-bond acceptors (Lipinski definition) is 0. The minimum Gasteiger partial charge on any atom is -1.00 e. The molecule has 3 rings (SSSR count). The lowest BCUT2D eigenvalue weighted by Crippen LogP contribution is -3.00. The summed E-state index contributed by atoms with van der Waals surface area (Å²) in [6.45, 7) is 2.76. The number of aryl methyl sites for hydroxylation is 1. The number of aromatic nitrogens is 1. The van der Waals surface area contributed by atoms with E-state index in [-0.39, 0.29) is 29.5 Å². The SMILES string of the molecule is CC[n+]1c(C=Cc2ccccc2C(F)(F)F)ccc2ccccc21.[I-]. The van der Waals surface area contributed by atoms with Crippen molar-refractivity contribution in [2.75, 3.05) is 0 Å². The van der Waals surface area contributed by atoms with Crippen LogP contribution in [0, 0.1) is 0 Å². The summed E-state index contributed by atoms with van der Waals surface area (Å²) >= 11 is 0. The maximum absolute atomic E-state index is 13.1. The van der Waals surface area contributed by atoms with E-state index in [0.29, 0.717) is 0 Å². The summed E-state index contributed by atoms with van der Waals surface area (Å²) in [6, 6.07) is 17.5. The number of fused-ring (bicyclic) bond motifs is 1. The third-order valence-corrected chi connectivity index (χ3v) is 3.99. The van der Waals surface area contributed by atoms with Gasteiger partial charge in [0, 0.05) is 23.6 Å². The van der Waals surface area contributed by atoms with Crippen LogP contribution >= 0.6 is 0 Å². The van der Waals surface area contributed by atoms with Gasteiger partial charge in [0.25, 0.3) is 0 Å². The van der Waals surface area contributed by atoms with Gasteiger partial charge < -0.3 is 24.0 Å². The molecule has 0 saturated heterocycles. The molecular weight excluding hydrogens is 438 g/mol. The molecule has 0 aliphatic carbocycles. The highest BCUT2D eigenvalue weighted by Crippen LogP contribution is 2.32. The second-order valence-electron chi connectivity index (χ2n) is 5.48. The molecule has 3 aromatic rings. The fourth-order valence-corrected chi connectivity index (χ4v) is 2.85. The number of hydrogen-bond donors (Lipinski definition) is 0. The molecule has 0 fully saturated rings. The maximum atomic E-state index is 13.1. The predicted octanol–water partition coefficient (Wildman–Crippen LogP) is 2.34. The molecule has 0 N–H and O–H groups in total. The van der Waals surface area contributed by atoms with Crippen LogP contribution in [0.25, 0.3) is 23.1 Å². The fraction of sp³-hybridized carbons (Fsp3) is 0.150. The molecule has 0 radical (unpaired) electrons. The molecule has 0 unspecified atom stereocenters. The van der Waals surface area contributed by atoms with Gasteiger partial charge >= 0.3 is 6.18 Å². The van der Waals surface area contributed by atoms with Gasteiger partial charge in [-0.25, -0.2) is 0 Å². The minimum atomic E-state index is -4.36. The van der Waals surface area contributed by atoms with Crippen molar-refractivity contribution in [3.63, 3.8) is 0 Å². The van der Waals surface area contributed by atoms with Crippen LogP contribution in [-0.2, 0) is 12.7 Å². The topological polar surface area (TPSA) is 3.88 Å². The van der Waals surface area contributed by atoms with E-state index in [2.05, 4.69) is 4.57 Å². The molecule has 1 nitrogen and oxygen atoms in total. The summed E-state index contributed by atoms with van der Waals surface area (Å²) in [5.41, 5.74) is 1.48. The third kappa shape index (κ3) is 4.21. The quantitative estimate of drug-likeness (QED) is 0.422. The van der Waals surface area contributed by atoms with Gasteiger partial charge in [-0.3, -0.25) is 0 Å². The predicted molar refractivity (Wildman–Crippen MR) is 90.2 cm³/mol. The van der Waals surface area contributed by atoms with Crippen molar-refractivity contribution >= 4 is 23.1 Å². The number of pyridine rings is 1. The van der Waals surface area contributed by atoms with Gasteiger partial charge in [-0.15, -0.1) is 0 Å². The average molecular weight is 455 g/mol. The highest BCUT2D eigenvalue weighted by Gasteiger charge is 2.32. The summed E-state index contributed by atoms with van der Waals surface area (Å²) in [7, 11) is 0. The molecule has 2 aromatic carbocycles. The Bertz CT molecular complexity index is 901. The van der Waals surface area contributed by atoms with Gasteiger partial charge in [0.2, 0.25) is 11.2 Å². The summed E-state index contributed by atoms with van der Waals surface area (Å²) < 4.78 is 41.4. The molecular formula is C20H17F3IN. The molecule has 0 spiro atoms. The van der Waals surface area contributed by atoms with Crippen LogP contribution in [0.4, 0.5) is 13.2 Å². The van der Waals surface area contributed by atoms with E-state index in [4.69, 9.17) is 0 Å². The van der Waals surface area contributed by atoms with Crippen molar-refractivity contribution in [2.24, 2.45) is 0 Å². The first-order valence-corrected chi connectivity index (χ1v) is 7.76. The number of rotatable bonds is 3. The Labute approximate surface area is 161 Å². The number of nitrogens with zero attached hydrogens (tertiary/aromatic N) is 1. The number of benzene rings is 2. The van der Waals surface area contributed by atoms with Gasteiger partial charge in [-0.05, 0) is 36.8 Å². The normalized spacial score (nSPS) is 11.7. The summed E-state index contributed by atoms with van der Waals surface area (Å²) in [5.74, 6) is 0. The Morgan fingerprint density at radius 1 is 0.880 bits per heavy atom. The van der Waals surface area contributed by atoms with Crippen LogP contribution in [0.3, 0.4) is 0 Å². The minimum absolute atomic E-state index is 0. The zero-order valence-corrected chi connectivity index (χ0v) is 15.8. The Morgan fingerprint density at radius 2 is 1.56 bits per heavy atom. The molecule has 0 bridgehead atoms. The summed E-state index contributed by atoms with van der Waals surface area (Å²) in [6.07, 6.45) is -1.09. The molecule has 1 heterocycles. The lowest BCUT2D eigenvalue weighted by molar-refractivity contribution is -0.669. The second kappa shape index (κ2) is 7.99. The van der Waals surface area contributed by atoms with Crippen LogP contribution in [0.5, 0.6) is 0 Å². The van der Waals surface area contributed by atoms with Gasteiger partial charge in [0.1, 0.15) is 6.54 Å². The van der Waals surface area contributed by atoms with Crippen LogP contribution in [0.2, 0.25) is 0 Å². The molecule has 130 valence electrons. The van der Waals surface area contributed by atoms with Crippen molar-refractivity contribution in [3.8, 4) is 0 Å². The largest absolute Gasteiger partial charge is 1.00 e. The first-order chi connectivity index (χ1) is 11.5. The monoisotopic (exact) mass is 455 g/mol. The van der Waals surface area contributed by atoms with Crippen molar-refractivity contribution in [2.45, 2.75) is 19.6 Å². The van der Waals surface area contributed by atoms with E-state index < -0.39 is 11.7 Å². The van der Waals surface area contributed by atoms with Crippen LogP contribution in [0.15, 0.2) is 60.7 Å². The molecule has 5 heteroatoms. The Morgan fingerprint density at radius 3 is 2.28 bits per heavy atom. The standard InChI is InChI=1S/C20H17F3N.HI/c1-2-24-17(14-12-16-8-4-6-10-19(16)24)13-11-15-7-3-5-9-18(15)20(21,22)23;/h3-14H,2H2,1H3;1H/q+1;/p-1. The molecule has 0 atom stereocenters. The van der Waals surface area contributed by atoms with Gasteiger partial charge in [0.05, 0.1) is 5.56 Å². The van der Waals surface area contributed by atoms with E-state index in [0.717, 1.165) is 29.2 Å². The molecule has 0 saturated carbocycles. The molecule has 25 heavy (non-hydrogen) atoms. The molecule has 0 amide bonds.